The second-order valence-electron chi connectivity index (χ2n) is 4.95. The molecule has 23 heavy (non-hydrogen) atoms. The summed E-state index contributed by atoms with van der Waals surface area (Å²) in [5.74, 6) is 0.669. The second kappa shape index (κ2) is 7.44. The average molecular weight is 332 g/mol. The molecule has 0 fully saturated rings. The fraction of sp³-hybridized carbons (Fsp3) is 0.353. The highest BCUT2D eigenvalue weighted by Crippen LogP contribution is 2.32. The van der Waals surface area contributed by atoms with Gasteiger partial charge in [-0.15, -0.1) is 0 Å². The third-order valence-corrected chi connectivity index (χ3v) is 5.62. The highest BCUT2D eigenvalue weighted by molar-refractivity contribution is 7.89. The molecule has 0 aliphatic rings. The van der Waals surface area contributed by atoms with Crippen molar-refractivity contribution in [1.29, 1.82) is 5.26 Å². The summed E-state index contributed by atoms with van der Waals surface area (Å²) in [7, 11) is -3.66. The van der Waals surface area contributed by atoms with Gasteiger partial charge in [0.15, 0.2) is 0 Å². The maximum Gasteiger partial charge on any atom is 0.243 e. The van der Waals surface area contributed by atoms with Crippen LogP contribution in [0.1, 0.15) is 20.3 Å². The van der Waals surface area contributed by atoms with Crippen LogP contribution in [-0.2, 0) is 10.0 Å². The summed E-state index contributed by atoms with van der Waals surface area (Å²) in [6.07, 6.45) is 0.169. The molecule has 0 amide bonds. The first-order valence-corrected chi connectivity index (χ1v) is 9.01. The first-order valence-electron chi connectivity index (χ1n) is 7.57. The zero-order chi connectivity index (χ0) is 16.9. The van der Waals surface area contributed by atoms with E-state index < -0.39 is 10.0 Å². The number of sulfonamides is 1. The van der Waals surface area contributed by atoms with Crippen LogP contribution in [-0.4, -0.2) is 32.4 Å². The molecule has 0 aliphatic heterocycles. The van der Waals surface area contributed by atoms with Gasteiger partial charge in [0.1, 0.15) is 5.75 Å². The number of hydrogen-bond acceptors (Lipinski definition) is 4. The van der Waals surface area contributed by atoms with Gasteiger partial charge in [0.05, 0.1) is 17.6 Å². The van der Waals surface area contributed by atoms with Gasteiger partial charge in [0.2, 0.25) is 10.0 Å². The largest absolute Gasteiger partial charge is 0.493 e. The van der Waals surface area contributed by atoms with Crippen molar-refractivity contribution in [3.8, 4) is 11.8 Å². The molecule has 0 aliphatic carbocycles. The van der Waals surface area contributed by atoms with Crippen LogP contribution in [0.5, 0.6) is 5.75 Å². The molecule has 0 spiro atoms. The minimum atomic E-state index is -3.66. The van der Waals surface area contributed by atoms with Crippen molar-refractivity contribution >= 4 is 20.8 Å². The highest BCUT2D eigenvalue weighted by Gasteiger charge is 2.25. The lowest BCUT2D eigenvalue weighted by Gasteiger charge is -2.21. The number of nitriles is 1. The van der Waals surface area contributed by atoms with E-state index in [0.717, 1.165) is 5.39 Å². The van der Waals surface area contributed by atoms with Crippen LogP contribution in [0.25, 0.3) is 10.8 Å². The normalized spacial score (nSPS) is 11.6. The van der Waals surface area contributed by atoms with Gasteiger partial charge in [0, 0.05) is 30.3 Å². The van der Waals surface area contributed by atoms with E-state index in [4.69, 9.17) is 10.00 Å². The summed E-state index contributed by atoms with van der Waals surface area (Å²) in [6.45, 7) is 4.69. The van der Waals surface area contributed by atoms with Crippen LogP contribution in [0.2, 0.25) is 0 Å². The zero-order valence-electron chi connectivity index (χ0n) is 13.3. The minimum Gasteiger partial charge on any atom is -0.493 e. The number of ether oxygens (including phenoxy) is 1. The molecular weight excluding hydrogens is 312 g/mol. The molecule has 0 saturated carbocycles. The number of nitrogens with zero attached hydrogens (tertiary/aromatic N) is 2. The van der Waals surface area contributed by atoms with Gasteiger partial charge in [-0.05, 0) is 19.1 Å². The molecule has 0 aromatic heterocycles. The molecule has 2 aromatic rings. The average Bonchev–Trinajstić information content (AvgIpc) is 2.55. The van der Waals surface area contributed by atoms with E-state index in [1.54, 1.807) is 25.1 Å². The van der Waals surface area contributed by atoms with Gasteiger partial charge < -0.3 is 4.74 Å². The van der Waals surface area contributed by atoms with E-state index in [1.165, 1.54) is 4.31 Å². The molecule has 0 bridgehead atoms. The van der Waals surface area contributed by atoms with E-state index in [2.05, 4.69) is 0 Å². The zero-order valence-corrected chi connectivity index (χ0v) is 14.1. The topological polar surface area (TPSA) is 70.4 Å². The van der Waals surface area contributed by atoms with Crippen molar-refractivity contribution < 1.29 is 13.2 Å². The van der Waals surface area contributed by atoms with Gasteiger partial charge in [0.25, 0.3) is 0 Å². The van der Waals surface area contributed by atoms with Crippen molar-refractivity contribution in [2.75, 3.05) is 19.7 Å². The van der Waals surface area contributed by atoms with E-state index in [-0.39, 0.29) is 17.9 Å². The lowest BCUT2D eigenvalue weighted by atomic mass is 10.1. The minimum absolute atomic E-state index is 0.169. The van der Waals surface area contributed by atoms with Crippen LogP contribution in [0.4, 0.5) is 0 Å². The Morgan fingerprint density at radius 2 is 1.83 bits per heavy atom. The number of rotatable bonds is 7. The Hall–Kier alpha value is -2.10. The van der Waals surface area contributed by atoms with Crippen molar-refractivity contribution in [3.05, 3.63) is 36.4 Å². The predicted octanol–water partition coefficient (Wildman–Crippen LogP) is 3.16. The van der Waals surface area contributed by atoms with Crippen molar-refractivity contribution in [2.24, 2.45) is 0 Å². The quantitative estimate of drug-likeness (QED) is 0.781. The summed E-state index contributed by atoms with van der Waals surface area (Å²) in [6, 6.07) is 12.6. The lowest BCUT2D eigenvalue weighted by Crippen LogP contribution is -2.31. The van der Waals surface area contributed by atoms with E-state index in [9.17, 15) is 8.42 Å². The van der Waals surface area contributed by atoms with Crippen molar-refractivity contribution in [2.45, 2.75) is 25.2 Å². The third kappa shape index (κ3) is 3.46. The summed E-state index contributed by atoms with van der Waals surface area (Å²) >= 11 is 0. The molecule has 0 atom stereocenters. The maximum atomic E-state index is 12.9. The van der Waals surface area contributed by atoms with Gasteiger partial charge in [-0.25, -0.2) is 8.42 Å². The number of hydrogen-bond donors (Lipinski definition) is 0. The molecule has 0 radical (unpaired) electrons. The van der Waals surface area contributed by atoms with Gasteiger partial charge in [-0.2, -0.15) is 9.57 Å². The Bertz CT molecular complexity index is 825. The highest BCUT2D eigenvalue weighted by atomic mass is 32.2. The van der Waals surface area contributed by atoms with Crippen LogP contribution < -0.4 is 4.74 Å². The first-order chi connectivity index (χ1) is 11.1. The molecule has 5 nitrogen and oxygen atoms in total. The third-order valence-electron chi connectivity index (χ3n) is 3.59. The van der Waals surface area contributed by atoms with Gasteiger partial charge in [-0.3, -0.25) is 0 Å². The summed E-state index contributed by atoms with van der Waals surface area (Å²) in [4.78, 5) is 0.247. The molecule has 122 valence electrons. The number of benzene rings is 2. The van der Waals surface area contributed by atoms with E-state index in [1.807, 2.05) is 31.2 Å². The Labute approximate surface area is 137 Å². The summed E-state index contributed by atoms with van der Waals surface area (Å²) in [5.41, 5.74) is 0. The monoisotopic (exact) mass is 332 g/mol. The first kappa shape index (κ1) is 17.3. The molecule has 0 heterocycles. The van der Waals surface area contributed by atoms with Crippen molar-refractivity contribution in [1.82, 2.24) is 4.31 Å². The molecule has 0 saturated heterocycles. The molecule has 6 heteroatoms. The SMILES string of the molecule is CCOc1ccc(S(=O)(=O)N(CC)CCC#N)c2ccccc12. The Kier molecular flexibility index (Phi) is 5.59. The molecule has 2 rings (SSSR count). The molecule has 0 N–H and O–H groups in total. The van der Waals surface area contributed by atoms with Crippen LogP contribution in [0, 0.1) is 11.3 Å². The van der Waals surface area contributed by atoms with Crippen LogP contribution >= 0.6 is 0 Å². The van der Waals surface area contributed by atoms with E-state index in [0.29, 0.717) is 24.3 Å². The second-order valence-corrected chi connectivity index (χ2v) is 6.85. The standard InChI is InChI=1S/C17H20N2O3S/c1-3-19(13-7-12-18)23(20,21)17-11-10-16(22-4-2)14-8-5-6-9-15(14)17/h5-6,8-11H,3-4,7,13H2,1-2H3. The maximum absolute atomic E-state index is 12.9. The molecule has 2 aromatic carbocycles. The number of fused-ring (bicyclic) bond motifs is 1. The van der Waals surface area contributed by atoms with Crippen molar-refractivity contribution in [3.63, 3.8) is 0 Å². The molecular formula is C17H20N2O3S. The predicted molar refractivity (Wildman–Crippen MR) is 89.8 cm³/mol. The van der Waals surface area contributed by atoms with Gasteiger partial charge in [-0.1, -0.05) is 31.2 Å². The Morgan fingerprint density at radius 1 is 1.13 bits per heavy atom. The van der Waals surface area contributed by atoms with Crippen LogP contribution in [0.15, 0.2) is 41.3 Å². The smallest absolute Gasteiger partial charge is 0.243 e. The Morgan fingerprint density at radius 3 is 2.43 bits per heavy atom. The van der Waals surface area contributed by atoms with Crippen LogP contribution in [0.3, 0.4) is 0 Å². The molecule has 0 unspecified atom stereocenters. The van der Waals surface area contributed by atoms with Gasteiger partial charge >= 0.3 is 0 Å². The Balaban J connectivity index is 2.59. The summed E-state index contributed by atoms with van der Waals surface area (Å²) in [5, 5.41) is 10.1. The van der Waals surface area contributed by atoms with E-state index >= 15 is 0 Å². The fourth-order valence-corrected chi connectivity index (χ4v) is 4.16. The summed E-state index contributed by atoms with van der Waals surface area (Å²) < 4.78 is 32.8. The lowest BCUT2D eigenvalue weighted by molar-refractivity contribution is 0.344. The fourth-order valence-electron chi connectivity index (χ4n) is 2.51.